The minimum Gasteiger partial charge on any atom is -0.307 e. The predicted octanol–water partition coefficient (Wildman–Crippen LogP) is 4.12. The van der Waals surface area contributed by atoms with Crippen molar-refractivity contribution >= 4 is 23.8 Å². The van der Waals surface area contributed by atoms with Gasteiger partial charge in [-0.25, -0.2) is 13.8 Å². The monoisotopic (exact) mass is 356 g/mol. The Balaban J connectivity index is 1.87. The largest absolute Gasteiger partial charge is 0.307 e. The molecular formula is C15H15ClF2N4S. The van der Waals surface area contributed by atoms with Crippen LogP contribution in [0.3, 0.4) is 0 Å². The van der Waals surface area contributed by atoms with Crippen LogP contribution in [0.5, 0.6) is 0 Å². The molecule has 122 valence electrons. The van der Waals surface area contributed by atoms with Crippen molar-refractivity contribution in [3.05, 3.63) is 39.1 Å². The summed E-state index contributed by atoms with van der Waals surface area (Å²) in [6, 6.07) is 3.59. The molecule has 2 aromatic heterocycles. The van der Waals surface area contributed by atoms with Gasteiger partial charge in [0.1, 0.15) is 11.0 Å². The molecule has 2 heterocycles. The van der Waals surface area contributed by atoms with Crippen molar-refractivity contribution < 1.29 is 8.78 Å². The maximum Gasteiger partial charge on any atom is 0.250 e. The molecule has 0 amide bonds. The lowest BCUT2D eigenvalue weighted by molar-refractivity contribution is -0.116. The Morgan fingerprint density at radius 3 is 2.57 bits per heavy atom. The van der Waals surface area contributed by atoms with E-state index in [0.717, 1.165) is 24.1 Å². The summed E-state index contributed by atoms with van der Waals surface area (Å²) in [5.74, 6) is -1.78. The molecule has 2 fully saturated rings. The fraction of sp³-hybridized carbons (Fsp3) is 0.533. The highest BCUT2D eigenvalue weighted by Crippen LogP contribution is 2.57. The van der Waals surface area contributed by atoms with Crippen LogP contribution < -0.4 is 0 Å². The van der Waals surface area contributed by atoms with Gasteiger partial charge < -0.3 is 4.57 Å². The summed E-state index contributed by atoms with van der Waals surface area (Å²) in [5.41, 5.74) is 0.767. The number of hydrogen-bond acceptors (Lipinski definition) is 3. The van der Waals surface area contributed by atoms with E-state index in [4.69, 9.17) is 23.8 Å². The third kappa shape index (κ3) is 2.41. The Morgan fingerprint density at radius 1 is 1.35 bits per heavy atom. The lowest BCUT2D eigenvalue weighted by Crippen LogP contribution is -2.51. The number of aromatic amines is 1. The molecule has 4 nitrogen and oxygen atoms in total. The lowest BCUT2D eigenvalue weighted by atomic mass is 9.61. The van der Waals surface area contributed by atoms with Crippen molar-refractivity contribution in [3.63, 3.8) is 0 Å². The topological polar surface area (TPSA) is 46.5 Å². The van der Waals surface area contributed by atoms with Gasteiger partial charge >= 0.3 is 0 Å². The fourth-order valence-electron chi connectivity index (χ4n) is 3.48. The molecule has 2 aliphatic rings. The first-order chi connectivity index (χ1) is 10.8. The average molecular weight is 357 g/mol. The van der Waals surface area contributed by atoms with Crippen molar-refractivity contribution in [3.8, 4) is 0 Å². The van der Waals surface area contributed by atoms with Crippen LogP contribution in [0.15, 0.2) is 12.1 Å². The summed E-state index contributed by atoms with van der Waals surface area (Å²) in [5, 5.41) is 7.26. The third-order valence-corrected chi connectivity index (χ3v) is 5.35. The minimum absolute atomic E-state index is 0.294. The van der Waals surface area contributed by atoms with E-state index in [0.29, 0.717) is 21.7 Å². The van der Waals surface area contributed by atoms with Crippen molar-refractivity contribution in [2.24, 2.45) is 7.05 Å². The fourth-order valence-corrected chi connectivity index (χ4v) is 3.83. The number of hydrogen-bond donors (Lipinski definition) is 1. The maximum atomic E-state index is 13.8. The summed E-state index contributed by atoms with van der Waals surface area (Å²) in [4.78, 5) is 4.35. The number of rotatable bonds is 3. The molecule has 0 aliphatic heterocycles. The third-order valence-electron chi connectivity index (χ3n) is 4.79. The SMILES string of the molecule is Cn1c(C2(c3cc(Cl)nc(C4CC4)c3)CC(F)(F)C2)n[nH]c1=S. The summed E-state index contributed by atoms with van der Waals surface area (Å²) >= 11 is 11.3. The zero-order chi connectivity index (χ0) is 16.4. The normalized spacial score (nSPS) is 21.9. The first-order valence-corrected chi connectivity index (χ1v) is 8.27. The highest BCUT2D eigenvalue weighted by atomic mass is 35.5. The molecule has 2 saturated carbocycles. The van der Waals surface area contributed by atoms with E-state index in [2.05, 4.69) is 15.2 Å². The summed E-state index contributed by atoms with van der Waals surface area (Å²) in [6.45, 7) is 0. The highest BCUT2D eigenvalue weighted by molar-refractivity contribution is 7.71. The quantitative estimate of drug-likeness (QED) is 0.664. The highest BCUT2D eigenvalue weighted by Gasteiger charge is 2.60. The zero-order valence-electron chi connectivity index (χ0n) is 12.4. The first-order valence-electron chi connectivity index (χ1n) is 7.48. The minimum atomic E-state index is -2.71. The second-order valence-electron chi connectivity index (χ2n) is 6.58. The number of alkyl halides is 2. The molecule has 0 atom stereocenters. The molecule has 0 unspecified atom stereocenters. The van der Waals surface area contributed by atoms with Crippen LogP contribution in [0, 0.1) is 4.77 Å². The van der Waals surface area contributed by atoms with Gasteiger partial charge in [-0.05, 0) is 42.8 Å². The van der Waals surface area contributed by atoms with Gasteiger partial charge in [0.2, 0.25) is 0 Å². The van der Waals surface area contributed by atoms with Gasteiger partial charge in [-0.3, -0.25) is 5.10 Å². The van der Waals surface area contributed by atoms with Crippen molar-refractivity contribution in [2.75, 3.05) is 0 Å². The van der Waals surface area contributed by atoms with Gasteiger partial charge in [0.05, 0.1) is 5.41 Å². The van der Waals surface area contributed by atoms with Gasteiger partial charge in [0.15, 0.2) is 4.77 Å². The zero-order valence-corrected chi connectivity index (χ0v) is 14.0. The van der Waals surface area contributed by atoms with Gasteiger partial charge in [-0.15, -0.1) is 0 Å². The first kappa shape index (κ1) is 15.2. The van der Waals surface area contributed by atoms with E-state index in [1.807, 2.05) is 6.07 Å². The molecule has 0 radical (unpaired) electrons. The van der Waals surface area contributed by atoms with Gasteiger partial charge in [-0.1, -0.05) is 11.6 Å². The molecule has 2 aliphatic carbocycles. The van der Waals surface area contributed by atoms with E-state index in [1.54, 1.807) is 17.7 Å². The Hall–Kier alpha value is -1.34. The van der Waals surface area contributed by atoms with Gasteiger partial charge in [0.25, 0.3) is 5.92 Å². The smallest absolute Gasteiger partial charge is 0.250 e. The summed E-state index contributed by atoms with van der Waals surface area (Å²) < 4.78 is 29.7. The van der Waals surface area contributed by atoms with E-state index >= 15 is 0 Å². The molecule has 23 heavy (non-hydrogen) atoms. The number of pyridine rings is 1. The van der Waals surface area contributed by atoms with Crippen LogP contribution in [-0.4, -0.2) is 25.7 Å². The van der Waals surface area contributed by atoms with Crippen LogP contribution in [0.1, 0.15) is 48.7 Å². The van der Waals surface area contributed by atoms with Gasteiger partial charge in [0, 0.05) is 31.5 Å². The molecule has 0 saturated heterocycles. The number of aromatic nitrogens is 4. The van der Waals surface area contributed by atoms with Crippen LogP contribution in [0.2, 0.25) is 5.15 Å². The van der Waals surface area contributed by atoms with E-state index in [9.17, 15) is 8.78 Å². The standard InChI is InChI=1S/C15H15ClF2N4S/c1-22-12(20-21-13(22)23)14(6-15(17,18)7-14)9-4-10(8-2-3-8)19-11(16)5-9/h4-5,8H,2-3,6-7H2,1H3,(H,21,23). The number of nitrogens with zero attached hydrogens (tertiary/aromatic N) is 3. The molecule has 8 heteroatoms. The number of H-pyrrole nitrogens is 1. The van der Waals surface area contributed by atoms with Crippen LogP contribution >= 0.6 is 23.8 Å². The summed E-state index contributed by atoms with van der Waals surface area (Å²) in [6.07, 6.45) is 1.56. The Bertz CT molecular complexity index is 832. The second-order valence-corrected chi connectivity index (χ2v) is 7.35. The predicted molar refractivity (Wildman–Crippen MR) is 84.6 cm³/mol. The van der Waals surface area contributed by atoms with Crippen LogP contribution in [-0.2, 0) is 12.5 Å². The maximum absolute atomic E-state index is 13.8. The van der Waals surface area contributed by atoms with E-state index in [-0.39, 0.29) is 12.8 Å². The molecule has 4 rings (SSSR count). The van der Waals surface area contributed by atoms with Crippen molar-refractivity contribution in [1.82, 2.24) is 19.7 Å². The molecule has 0 aromatic carbocycles. The number of halogens is 3. The summed E-state index contributed by atoms with van der Waals surface area (Å²) in [7, 11) is 1.74. The molecule has 0 spiro atoms. The van der Waals surface area contributed by atoms with Crippen molar-refractivity contribution in [1.29, 1.82) is 0 Å². The van der Waals surface area contributed by atoms with Crippen LogP contribution in [0.4, 0.5) is 8.78 Å². The van der Waals surface area contributed by atoms with E-state index < -0.39 is 11.3 Å². The Morgan fingerprint density at radius 2 is 2.04 bits per heavy atom. The Kier molecular flexibility index (Phi) is 3.19. The van der Waals surface area contributed by atoms with E-state index in [1.165, 1.54) is 0 Å². The molecule has 0 bridgehead atoms. The van der Waals surface area contributed by atoms with Gasteiger partial charge in [-0.2, -0.15) is 5.10 Å². The molecular weight excluding hydrogens is 342 g/mol. The van der Waals surface area contributed by atoms with Crippen molar-refractivity contribution in [2.45, 2.75) is 42.9 Å². The van der Waals surface area contributed by atoms with Crippen LogP contribution in [0.25, 0.3) is 0 Å². The molecule has 1 N–H and O–H groups in total. The second kappa shape index (κ2) is 4.83. The number of nitrogens with one attached hydrogen (secondary N) is 1. The average Bonchev–Trinajstić information content (AvgIpc) is 3.23. The molecule has 2 aromatic rings. The Labute approximate surface area is 141 Å². The lowest BCUT2D eigenvalue weighted by Gasteiger charge is -2.46.